The fourth-order valence-electron chi connectivity index (χ4n) is 2.01. The summed E-state index contributed by atoms with van der Waals surface area (Å²) in [6.07, 6.45) is 0. The lowest BCUT2D eigenvalue weighted by atomic mass is 9.98. The molecule has 1 N–H and O–H groups in total. The van der Waals surface area contributed by atoms with E-state index < -0.39 is 17.8 Å². The van der Waals surface area contributed by atoms with Crippen molar-refractivity contribution in [3.63, 3.8) is 0 Å². The number of nitrogens with one attached hydrogen (secondary N) is 1. The van der Waals surface area contributed by atoms with Crippen molar-refractivity contribution >= 4 is 17.6 Å². The molecule has 1 amide bonds. The van der Waals surface area contributed by atoms with Gasteiger partial charge in [-0.25, -0.2) is 0 Å². The number of esters is 1. The molecule has 0 bridgehead atoms. The number of carbonyl (C=O) groups is 2. The highest BCUT2D eigenvalue weighted by Crippen LogP contribution is 2.20. The van der Waals surface area contributed by atoms with Crippen LogP contribution < -0.4 is 5.32 Å². The second-order valence-corrected chi connectivity index (χ2v) is 4.72. The standard InChI is InChI=1S/C17H17NO3/c1-12-8-10-14(11-9-12)18-16(19)15(17(20)21-2)13-6-4-3-5-7-13/h3-11,15H,1-2H3,(H,18,19). The molecule has 0 aromatic heterocycles. The van der Waals surface area contributed by atoms with Gasteiger partial charge in [0.05, 0.1) is 7.11 Å². The summed E-state index contributed by atoms with van der Waals surface area (Å²) in [4.78, 5) is 24.3. The molecule has 0 saturated heterocycles. The average Bonchev–Trinajstić information content (AvgIpc) is 2.50. The molecule has 2 aromatic rings. The molecule has 0 heterocycles. The lowest BCUT2D eigenvalue weighted by Crippen LogP contribution is -2.28. The van der Waals surface area contributed by atoms with Crippen molar-refractivity contribution < 1.29 is 14.3 Å². The van der Waals surface area contributed by atoms with Crippen LogP contribution in [-0.2, 0) is 14.3 Å². The Bertz CT molecular complexity index is 620. The molecule has 4 nitrogen and oxygen atoms in total. The van der Waals surface area contributed by atoms with Crippen LogP contribution in [0.3, 0.4) is 0 Å². The van der Waals surface area contributed by atoms with Gasteiger partial charge < -0.3 is 10.1 Å². The molecule has 0 fully saturated rings. The van der Waals surface area contributed by atoms with E-state index in [1.807, 2.05) is 25.1 Å². The minimum absolute atomic E-state index is 0.406. The Hall–Kier alpha value is -2.62. The highest BCUT2D eigenvalue weighted by molar-refractivity contribution is 6.09. The van der Waals surface area contributed by atoms with Crippen LogP contribution >= 0.6 is 0 Å². The maximum atomic E-state index is 12.4. The van der Waals surface area contributed by atoms with Crippen LogP contribution in [0.1, 0.15) is 17.0 Å². The summed E-state index contributed by atoms with van der Waals surface area (Å²) in [7, 11) is 1.28. The Morgan fingerprint density at radius 2 is 1.62 bits per heavy atom. The van der Waals surface area contributed by atoms with Crippen LogP contribution in [0.15, 0.2) is 54.6 Å². The Morgan fingerprint density at radius 3 is 2.19 bits per heavy atom. The molecule has 1 unspecified atom stereocenters. The number of aryl methyl sites for hydroxylation is 1. The van der Waals surface area contributed by atoms with Crippen molar-refractivity contribution in [1.29, 1.82) is 0 Å². The van der Waals surface area contributed by atoms with Crippen LogP contribution in [0.25, 0.3) is 0 Å². The van der Waals surface area contributed by atoms with Crippen molar-refractivity contribution in [2.75, 3.05) is 12.4 Å². The van der Waals surface area contributed by atoms with Crippen LogP contribution in [0.2, 0.25) is 0 Å². The van der Waals surface area contributed by atoms with Gasteiger partial charge in [0.1, 0.15) is 0 Å². The van der Waals surface area contributed by atoms with Gasteiger partial charge in [0.15, 0.2) is 5.92 Å². The molecule has 4 heteroatoms. The molecule has 108 valence electrons. The predicted molar refractivity (Wildman–Crippen MR) is 81.0 cm³/mol. The van der Waals surface area contributed by atoms with Crippen LogP contribution in [-0.4, -0.2) is 19.0 Å². The smallest absolute Gasteiger partial charge is 0.322 e. The molecule has 0 radical (unpaired) electrons. The number of hydrogen-bond acceptors (Lipinski definition) is 3. The summed E-state index contributed by atoms with van der Waals surface area (Å²) < 4.78 is 4.74. The fourth-order valence-corrected chi connectivity index (χ4v) is 2.01. The van der Waals surface area contributed by atoms with Crippen molar-refractivity contribution in [2.45, 2.75) is 12.8 Å². The number of ether oxygens (including phenoxy) is 1. The Kier molecular flexibility index (Phi) is 4.72. The van der Waals surface area contributed by atoms with Crippen molar-refractivity contribution in [1.82, 2.24) is 0 Å². The average molecular weight is 283 g/mol. The van der Waals surface area contributed by atoms with E-state index in [0.717, 1.165) is 5.56 Å². The van der Waals surface area contributed by atoms with Gasteiger partial charge in [0, 0.05) is 5.69 Å². The largest absolute Gasteiger partial charge is 0.468 e. The van der Waals surface area contributed by atoms with Gasteiger partial charge >= 0.3 is 5.97 Å². The molecule has 0 aliphatic rings. The van der Waals surface area contributed by atoms with Gasteiger partial charge in [-0.15, -0.1) is 0 Å². The zero-order valence-corrected chi connectivity index (χ0v) is 12.0. The first-order chi connectivity index (χ1) is 10.1. The molecule has 0 spiro atoms. The monoisotopic (exact) mass is 283 g/mol. The van der Waals surface area contributed by atoms with Crippen molar-refractivity contribution in [3.8, 4) is 0 Å². The summed E-state index contributed by atoms with van der Waals surface area (Å²) in [5, 5.41) is 2.74. The lowest BCUT2D eigenvalue weighted by Gasteiger charge is -2.15. The van der Waals surface area contributed by atoms with E-state index in [-0.39, 0.29) is 0 Å². The first kappa shape index (κ1) is 14.8. The van der Waals surface area contributed by atoms with Gasteiger partial charge in [-0.2, -0.15) is 0 Å². The molecular formula is C17H17NO3. The zero-order valence-electron chi connectivity index (χ0n) is 12.0. The summed E-state index contributed by atoms with van der Waals surface area (Å²) in [5.41, 5.74) is 2.35. The summed E-state index contributed by atoms with van der Waals surface area (Å²) in [6, 6.07) is 16.2. The molecule has 0 saturated carbocycles. The van der Waals surface area contributed by atoms with Gasteiger partial charge in [-0.3, -0.25) is 9.59 Å². The van der Waals surface area contributed by atoms with E-state index in [4.69, 9.17) is 4.74 Å². The Morgan fingerprint density at radius 1 is 1.00 bits per heavy atom. The first-order valence-corrected chi connectivity index (χ1v) is 6.62. The summed E-state index contributed by atoms with van der Waals surface area (Å²) >= 11 is 0. The molecular weight excluding hydrogens is 266 g/mol. The molecule has 21 heavy (non-hydrogen) atoms. The number of amides is 1. The highest BCUT2D eigenvalue weighted by Gasteiger charge is 2.29. The number of rotatable bonds is 4. The van der Waals surface area contributed by atoms with E-state index in [0.29, 0.717) is 11.3 Å². The molecule has 0 aliphatic heterocycles. The van der Waals surface area contributed by atoms with E-state index in [1.54, 1.807) is 36.4 Å². The van der Waals surface area contributed by atoms with Gasteiger partial charge in [-0.1, -0.05) is 48.0 Å². The number of hydrogen-bond donors (Lipinski definition) is 1. The van der Waals surface area contributed by atoms with Crippen LogP contribution in [0.5, 0.6) is 0 Å². The third-order valence-corrected chi connectivity index (χ3v) is 3.15. The highest BCUT2D eigenvalue weighted by atomic mass is 16.5. The Balaban J connectivity index is 2.23. The maximum absolute atomic E-state index is 12.4. The minimum atomic E-state index is -0.975. The second-order valence-electron chi connectivity index (χ2n) is 4.72. The third-order valence-electron chi connectivity index (χ3n) is 3.15. The molecule has 2 aromatic carbocycles. The van der Waals surface area contributed by atoms with Crippen LogP contribution in [0, 0.1) is 6.92 Å². The molecule has 1 atom stereocenters. The van der Waals surface area contributed by atoms with Gasteiger partial charge in [0.2, 0.25) is 5.91 Å². The number of anilines is 1. The third kappa shape index (κ3) is 3.69. The quantitative estimate of drug-likeness (QED) is 0.693. The Labute approximate surface area is 123 Å². The number of benzene rings is 2. The molecule has 0 aliphatic carbocycles. The number of methoxy groups -OCH3 is 1. The number of carbonyl (C=O) groups excluding carboxylic acids is 2. The SMILES string of the molecule is COC(=O)C(C(=O)Nc1ccc(C)cc1)c1ccccc1. The lowest BCUT2D eigenvalue weighted by molar-refractivity contribution is -0.145. The van der Waals surface area contributed by atoms with Gasteiger partial charge in [-0.05, 0) is 24.6 Å². The second kappa shape index (κ2) is 6.70. The molecule has 2 rings (SSSR count). The van der Waals surface area contributed by atoms with E-state index in [2.05, 4.69) is 5.32 Å². The van der Waals surface area contributed by atoms with E-state index in [1.165, 1.54) is 7.11 Å². The topological polar surface area (TPSA) is 55.4 Å². The predicted octanol–water partition coefficient (Wildman–Crippen LogP) is 2.89. The van der Waals surface area contributed by atoms with Crippen LogP contribution in [0.4, 0.5) is 5.69 Å². The summed E-state index contributed by atoms with van der Waals surface area (Å²) in [5.74, 6) is -1.96. The first-order valence-electron chi connectivity index (χ1n) is 6.62. The van der Waals surface area contributed by atoms with E-state index >= 15 is 0 Å². The van der Waals surface area contributed by atoms with E-state index in [9.17, 15) is 9.59 Å². The maximum Gasteiger partial charge on any atom is 0.322 e. The van der Waals surface area contributed by atoms with Crippen molar-refractivity contribution in [2.24, 2.45) is 0 Å². The fraction of sp³-hybridized carbons (Fsp3) is 0.176. The minimum Gasteiger partial charge on any atom is -0.468 e. The normalized spacial score (nSPS) is 11.5. The van der Waals surface area contributed by atoms with Gasteiger partial charge in [0.25, 0.3) is 0 Å². The zero-order chi connectivity index (χ0) is 15.2. The summed E-state index contributed by atoms with van der Waals surface area (Å²) in [6.45, 7) is 1.97. The van der Waals surface area contributed by atoms with Crippen molar-refractivity contribution in [3.05, 3.63) is 65.7 Å².